The minimum absolute atomic E-state index is 0.975. The van der Waals surface area contributed by atoms with E-state index < -0.39 is 8.07 Å². The molecule has 0 aliphatic rings. The van der Waals surface area contributed by atoms with Crippen LogP contribution < -0.4 is 5.19 Å². The number of benzene rings is 3. The molecule has 0 spiro atoms. The fourth-order valence-electron chi connectivity index (χ4n) is 4.26. The number of imidazole rings is 1. The van der Waals surface area contributed by atoms with Crippen molar-refractivity contribution in [3.05, 3.63) is 60.8 Å². The summed E-state index contributed by atoms with van der Waals surface area (Å²) in [6.07, 6.45) is 1.87. The lowest BCUT2D eigenvalue weighted by Crippen LogP contribution is -2.37. The van der Waals surface area contributed by atoms with Gasteiger partial charge >= 0.3 is 0 Å². The Bertz CT molecular complexity index is 1510. The summed E-state index contributed by atoms with van der Waals surface area (Å²) in [7, 11) is -1.47. The van der Waals surface area contributed by atoms with Crippen LogP contribution in [0, 0.1) is 0 Å². The Morgan fingerprint density at radius 2 is 1.56 bits per heavy atom. The third-order valence-corrected chi connectivity index (χ3v) is 7.71. The predicted octanol–water partition coefficient (Wildman–Crippen LogP) is 5.33. The summed E-state index contributed by atoms with van der Waals surface area (Å²) in [6, 6.07) is 19.9. The zero-order valence-electron chi connectivity index (χ0n) is 15.6. The largest absolute Gasteiger partial charge is 0.276 e. The molecule has 4 heteroatoms. The topological polar surface area (TPSA) is 30.2 Å². The molecule has 0 radical (unpaired) electrons. The predicted molar refractivity (Wildman–Crippen MR) is 117 cm³/mol. The van der Waals surface area contributed by atoms with Crippen molar-refractivity contribution in [2.45, 2.75) is 19.6 Å². The second-order valence-electron chi connectivity index (χ2n) is 8.46. The Kier molecular flexibility index (Phi) is 2.71. The minimum Gasteiger partial charge on any atom is -0.276 e. The van der Waals surface area contributed by atoms with Crippen LogP contribution in [0.4, 0.5) is 0 Å². The van der Waals surface area contributed by atoms with E-state index in [2.05, 4.69) is 72.6 Å². The Morgan fingerprint density at radius 1 is 0.815 bits per heavy atom. The van der Waals surface area contributed by atoms with E-state index in [9.17, 15) is 0 Å². The van der Waals surface area contributed by atoms with Gasteiger partial charge in [0.25, 0.3) is 0 Å². The molecule has 0 bridgehead atoms. The van der Waals surface area contributed by atoms with Crippen LogP contribution in [0.15, 0.2) is 60.8 Å². The average Bonchev–Trinajstić information content (AvgIpc) is 3.04. The number of hydrogen-bond donors (Lipinski definition) is 0. The monoisotopic (exact) mass is 365 g/mol. The van der Waals surface area contributed by atoms with Crippen molar-refractivity contribution in [2.75, 3.05) is 0 Å². The molecule has 0 aliphatic carbocycles. The standard InChI is InChI=1S/C23H19N3Si/c1-27(2,3)16-12-18-17-10-14-6-4-5-7-15(14)11-19(17)23-24-9-8-21-25-20(13-16)22(18)26(21)23/h4-13H,1-3H3. The van der Waals surface area contributed by atoms with Crippen molar-refractivity contribution in [3.8, 4) is 0 Å². The smallest absolute Gasteiger partial charge is 0.146 e. The number of nitrogens with zero attached hydrogens (tertiary/aromatic N) is 3. The van der Waals surface area contributed by atoms with Crippen molar-refractivity contribution >= 4 is 62.5 Å². The van der Waals surface area contributed by atoms with Gasteiger partial charge in [-0.15, -0.1) is 0 Å². The van der Waals surface area contributed by atoms with Crippen molar-refractivity contribution in [3.63, 3.8) is 0 Å². The Labute approximate surface area is 157 Å². The van der Waals surface area contributed by atoms with E-state index in [0.29, 0.717) is 0 Å². The van der Waals surface area contributed by atoms with Gasteiger partial charge < -0.3 is 0 Å². The summed E-state index contributed by atoms with van der Waals surface area (Å²) in [5, 5.41) is 7.72. The Balaban J connectivity index is 1.97. The molecule has 3 heterocycles. The molecule has 3 aromatic carbocycles. The van der Waals surface area contributed by atoms with Crippen LogP contribution in [0.2, 0.25) is 19.6 Å². The van der Waals surface area contributed by atoms with Gasteiger partial charge in [-0.05, 0) is 40.4 Å². The van der Waals surface area contributed by atoms with Gasteiger partial charge in [0.2, 0.25) is 0 Å². The molecule has 6 aromatic rings. The lowest BCUT2D eigenvalue weighted by atomic mass is 10.0. The molecule has 130 valence electrons. The summed E-state index contributed by atoms with van der Waals surface area (Å²) in [5.41, 5.74) is 4.24. The Hall–Kier alpha value is -2.98. The van der Waals surface area contributed by atoms with Crippen LogP contribution in [0.1, 0.15) is 0 Å². The highest BCUT2D eigenvalue weighted by Gasteiger charge is 2.22. The normalized spacial score (nSPS) is 13.0. The summed E-state index contributed by atoms with van der Waals surface area (Å²) < 4.78 is 2.23. The summed E-state index contributed by atoms with van der Waals surface area (Å²) >= 11 is 0. The van der Waals surface area contributed by atoms with E-state index >= 15 is 0 Å². The van der Waals surface area contributed by atoms with E-state index in [1.54, 1.807) is 0 Å². The van der Waals surface area contributed by atoms with E-state index in [-0.39, 0.29) is 0 Å². The summed E-state index contributed by atoms with van der Waals surface area (Å²) in [5.74, 6) is 0. The first-order chi connectivity index (χ1) is 13.0. The first-order valence-corrected chi connectivity index (χ1v) is 12.9. The van der Waals surface area contributed by atoms with Crippen molar-refractivity contribution in [1.29, 1.82) is 0 Å². The highest BCUT2D eigenvalue weighted by atomic mass is 28.3. The van der Waals surface area contributed by atoms with Gasteiger partial charge in [0, 0.05) is 17.0 Å². The number of rotatable bonds is 1. The molecule has 0 aliphatic heterocycles. The second-order valence-corrected chi connectivity index (χ2v) is 13.5. The van der Waals surface area contributed by atoms with Crippen LogP contribution in [-0.4, -0.2) is 22.4 Å². The van der Waals surface area contributed by atoms with Crippen molar-refractivity contribution in [1.82, 2.24) is 14.4 Å². The summed E-state index contributed by atoms with van der Waals surface area (Å²) in [6.45, 7) is 7.19. The molecule has 0 unspecified atom stereocenters. The minimum atomic E-state index is -1.47. The first-order valence-electron chi connectivity index (χ1n) is 9.36. The molecule has 6 rings (SSSR count). The lowest BCUT2D eigenvalue weighted by molar-refractivity contribution is 1.21. The maximum Gasteiger partial charge on any atom is 0.146 e. The quantitative estimate of drug-likeness (QED) is 0.224. The maximum absolute atomic E-state index is 4.95. The van der Waals surface area contributed by atoms with E-state index in [1.807, 2.05) is 12.3 Å². The molecule has 0 amide bonds. The summed E-state index contributed by atoms with van der Waals surface area (Å²) in [4.78, 5) is 9.69. The highest BCUT2D eigenvalue weighted by Crippen LogP contribution is 2.35. The van der Waals surface area contributed by atoms with E-state index in [4.69, 9.17) is 9.97 Å². The first kappa shape index (κ1) is 15.1. The van der Waals surface area contributed by atoms with Crippen LogP contribution in [0.5, 0.6) is 0 Å². The molecular weight excluding hydrogens is 346 g/mol. The van der Waals surface area contributed by atoms with Crippen LogP contribution in [0.3, 0.4) is 0 Å². The SMILES string of the molecule is C[Si](C)(C)c1cc2nc3ccnc4c5cc6ccccc6cc5c(c1)c2n34. The molecule has 0 saturated heterocycles. The maximum atomic E-state index is 4.95. The fraction of sp³-hybridized carbons (Fsp3) is 0.130. The molecule has 0 atom stereocenters. The second kappa shape index (κ2) is 4.84. The lowest BCUT2D eigenvalue weighted by Gasteiger charge is -2.18. The third kappa shape index (κ3) is 1.96. The van der Waals surface area contributed by atoms with Gasteiger partial charge in [-0.1, -0.05) is 55.2 Å². The molecule has 3 aromatic heterocycles. The van der Waals surface area contributed by atoms with Crippen molar-refractivity contribution < 1.29 is 0 Å². The zero-order chi connectivity index (χ0) is 18.3. The number of hydrogen-bond acceptors (Lipinski definition) is 2. The van der Waals surface area contributed by atoms with Gasteiger partial charge in [0.15, 0.2) is 0 Å². The van der Waals surface area contributed by atoms with Gasteiger partial charge in [-0.25, -0.2) is 9.97 Å². The van der Waals surface area contributed by atoms with E-state index in [1.165, 1.54) is 37.6 Å². The van der Waals surface area contributed by atoms with Gasteiger partial charge in [-0.3, -0.25) is 4.40 Å². The van der Waals surface area contributed by atoms with Crippen LogP contribution >= 0.6 is 0 Å². The molecular formula is C23H19N3Si. The van der Waals surface area contributed by atoms with Gasteiger partial charge in [0.1, 0.15) is 11.3 Å². The third-order valence-electron chi connectivity index (χ3n) is 5.69. The molecule has 0 fully saturated rings. The molecule has 3 nitrogen and oxygen atoms in total. The highest BCUT2D eigenvalue weighted by molar-refractivity contribution is 6.89. The number of aromatic nitrogens is 3. The van der Waals surface area contributed by atoms with Crippen LogP contribution in [-0.2, 0) is 0 Å². The van der Waals surface area contributed by atoms with E-state index in [0.717, 1.165) is 16.8 Å². The van der Waals surface area contributed by atoms with Crippen LogP contribution in [0.25, 0.3) is 49.3 Å². The zero-order valence-corrected chi connectivity index (χ0v) is 16.6. The Morgan fingerprint density at radius 3 is 2.30 bits per heavy atom. The molecule has 0 N–H and O–H groups in total. The van der Waals surface area contributed by atoms with Gasteiger partial charge in [0.05, 0.1) is 19.1 Å². The fourth-order valence-corrected chi connectivity index (χ4v) is 5.41. The van der Waals surface area contributed by atoms with Gasteiger partial charge in [-0.2, -0.15) is 0 Å². The average molecular weight is 366 g/mol. The molecule has 27 heavy (non-hydrogen) atoms. The van der Waals surface area contributed by atoms with Crippen molar-refractivity contribution in [2.24, 2.45) is 0 Å². The molecule has 0 saturated carbocycles. The number of pyridine rings is 1. The number of fused-ring (bicyclic) bond motifs is 4.